The largest absolute Gasteiger partial charge is 0.304 e. The summed E-state index contributed by atoms with van der Waals surface area (Å²) in [6.45, 7) is 36.1. The predicted octanol–water partition coefficient (Wildman–Crippen LogP) is 6.88. The molecule has 15 heteroatoms. The molecular formula is C77H111N12P3. The van der Waals surface area contributed by atoms with E-state index in [1.165, 1.54) is 65.2 Å². The summed E-state index contributed by atoms with van der Waals surface area (Å²) in [5.41, 5.74) is 8.54. The number of piperazine rings is 6. The molecule has 12 nitrogen and oxygen atoms in total. The Morgan fingerprint density at radius 1 is 0.217 bits per heavy atom. The number of benzene rings is 6. The molecule has 0 atom stereocenters. The molecule has 0 amide bonds. The van der Waals surface area contributed by atoms with Gasteiger partial charge in [0.2, 0.25) is 0 Å². The van der Waals surface area contributed by atoms with E-state index in [0.717, 1.165) is 215 Å². The molecule has 0 spiro atoms. The van der Waals surface area contributed by atoms with Crippen LogP contribution in [0, 0.1) is 5.41 Å². The molecule has 6 aliphatic heterocycles. The van der Waals surface area contributed by atoms with E-state index in [1.807, 2.05) is 0 Å². The van der Waals surface area contributed by atoms with Crippen molar-refractivity contribution in [2.45, 2.75) is 46.2 Å². The lowest BCUT2D eigenvalue weighted by molar-refractivity contribution is 0.148. The molecule has 6 fully saturated rings. The molecule has 12 rings (SSSR count). The van der Waals surface area contributed by atoms with Gasteiger partial charge in [0.1, 0.15) is 0 Å². The maximum absolute atomic E-state index is 2.77. The maximum Gasteiger partial charge on any atom is 0.0234 e. The SMILES string of the molecule is CN1CCN(Cc2ccc(P(CC(C)(CP(c3ccc(CN4CCN(C)CC4)cc3)c3ccc(CN4CCN(C)CC4)cc3)CP(c3ccc(CN4CCN(C)CC4)cc3)c3ccc(CN4CCN(C)CC4)cc3)c3ccc(CN4CCN(C)CC4)cc3)cc2)CC1. The molecular weight excluding hydrogens is 1190 g/mol. The van der Waals surface area contributed by atoms with E-state index in [-0.39, 0.29) is 5.41 Å². The molecule has 0 saturated carbocycles. The fourth-order valence-electron chi connectivity index (χ4n) is 14.6. The molecule has 0 unspecified atom stereocenters. The van der Waals surface area contributed by atoms with Crippen LogP contribution in [0.1, 0.15) is 40.3 Å². The molecule has 92 heavy (non-hydrogen) atoms. The summed E-state index contributed by atoms with van der Waals surface area (Å²) < 4.78 is 0. The van der Waals surface area contributed by atoms with Gasteiger partial charge >= 0.3 is 0 Å². The van der Waals surface area contributed by atoms with Crippen LogP contribution in [0.25, 0.3) is 0 Å². The summed E-state index contributed by atoms with van der Waals surface area (Å²) in [5, 5.41) is 9.07. The summed E-state index contributed by atoms with van der Waals surface area (Å²) in [7, 11) is 11.3. The molecule has 6 aromatic rings. The van der Waals surface area contributed by atoms with Crippen LogP contribution in [0.4, 0.5) is 0 Å². The van der Waals surface area contributed by atoms with Crippen molar-refractivity contribution in [3.63, 3.8) is 0 Å². The van der Waals surface area contributed by atoms with E-state index in [9.17, 15) is 0 Å². The zero-order valence-corrected chi connectivity index (χ0v) is 60.1. The maximum atomic E-state index is 2.77. The van der Waals surface area contributed by atoms with E-state index in [1.54, 1.807) is 0 Å². The first-order valence-corrected chi connectivity index (χ1v) is 39.7. The summed E-state index contributed by atoms with van der Waals surface area (Å²) >= 11 is 0. The fourth-order valence-corrected chi connectivity index (χ4v) is 23.1. The van der Waals surface area contributed by atoms with Crippen LogP contribution in [-0.2, 0) is 39.3 Å². The lowest BCUT2D eigenvalue weighted by Gasteiger charge is -2.40. The van der Waals surface area contributed by atoms with Crippen LogP contribution in [-0.4, -0.2) is 277 Å². The molecule has 494 valence electrons. The number of rotatable bonds is 24. The van der Waals surface area contributed by atoms with E-state index in [0.29, 0.717) is 0 Å². The van der Waals surface area contributed by atoms with Crippen LogP contribution >= 0.6 is 23.8 Å². The first kappa shape index (κ1) is 68.1. The van der Waals surface area contributed by atoms with Gasteiger partial charge in [-0.2, -0.15) is 0 Å². The third-order valence-corrected chi connectivity index (χ3v) is 29.9. The first-order chi connectivity index (χ1) is 44.7. The predicted molar refractivity (Wildman–Crippen MR) is 397 cm³/mol. The van der Waals surface area contributed by atoms with Gasteiger partial charge in [0.25, 0.3) is 0 Å². The van der Waals surface area contributed by atoms with Gasteiger partial charge in [-0.05, 0) is 155 Å². The second-order valence-corrected chi connectivity index (χ2v) is 35.7. The minimum absolute atomic E-state index is 0.0753. The fraction of sp³-hybridized carbons (Fsp3) is 0.532. The van der Waals surface area contributed by atoms with Crippen molar-refractivity contribution in [3.8, 4) is 0 Å². The third kappa shape index (κ3) is 19.5. The molecule has 6 heterocycles. The van der Waals surface area contributed by atoms with Gasteiger partial charge in [-0.25, -0.2) is 0 Å². The van der Waals surface area contributed by atoms with Gasteiger partial charge in [-0.15, -0.1) is 0 Å². The quantitative estimate of drug-likeness (QED) is 0.0595. The second kappa shape index (κ2) is 32.9. The van der Waals surface area contributed by atoms with Crippen LogP contribution in [0.3, 0.4) is 0 Å². The average molecular weight is 1300 g/mol. The Labute approximate surface area is 559 Å². The normalized spacial score (nSPS) is 20.5. The van der Waals surface area contributed by atoms with Gasteiger partial charge in [-0.1, -0.05) is 153 Å². The molecule has 6 saturated heterocycles. The molecule has 6 aliphatic rings. The van der Waals surface area contributed by atoms with Gasteiger partial charge in [0.05, 0.1) is 0 Å². The lowest BCUT2D eigenvalue weighted by atomic mass is 9.99. The van der Waals surface area contributed by atoms with E-state index in [2.05, 4.69) is 254 Å². The standard InChI is InChI=1S/C77H111N12P3/c1-77(62-90(71-20-8-65(9-21-71)56-84-44-32-78(2)33-45-84)72-22-10-66(11-23-72)57-85-46-34-79(3)35-47-85,63-91(73-24-12-67(13-25-73)58-86-48-36-80(4)37-49-86)74-26-14-68(15-27-74)59-87-50-38-81(5)39-51-87)64-92(75-28-16-69(17-29-75)60-88-52-40-82(6)41-53-88)76-30-18-70(19-31-76)61-89-54-42-83(7)43-55-89/h8-31H,32-64H2,1-7H3. The van der Waals surface area contributed by atoms with Crippen molar-refractivity contribution in [1.82, 2.24) is 58.8 Å². The number of likely N-dealkylation sites (N-methyl/N-ethyl adjacent to an activating group) is 6. The topological polar surface area (TPSA) is 38.9 Å². The molecule has 0 radical (unpaired) electrons. The Kier molecular flexibility index (Phi) is 24.4. The van der Waals surface area contributed by atoms with Crippen LogP contribution in [0.15, 0.2) is 146 Å². The molecule has 0 N–H and O–H groups in total. The third-order valence-electron chi connectivity index (χ3n) is 21.1. The molecule has 6 aromatic carbocycles. The highest BCUT2D eigenvalue weighted by Gasteiger charge is 2.38. The van der Waals surface area contributed by atoms with Crippen molar-refractivity contribution in [2.75, 3.05) is 218 Å². The molecule has 0 aromatic heterocycles. The summed E-state index contributed by atoms with van der Waals surface area (Å²) in [6.07, 6.45) is 3.34. The highest BCUT2D eigenvalue weighted by molar-refractivity contribution is 7.75. The van der Waals surface area contributed by atoms with Crippen molar-refractivity contribution in [3.05, 3.63) is 179 Å². The Morgan fingerprint density at radius 3 is 0.478 bits per heavy atom. The van der Waals surface area contributed by atoms with Crippen LogP contribution in [0.2, 0.25) is 0 Å². The number of hydrogen-bond donors (Lipinski definition) is 0. The smallest absolute Gasteiger partial charge is 0.0234 e. The Morgan fingerprint density at radius 2 is 0.348 bits per heavy atom. The number of nitrogens with zero attached hydrogens (tertiary/aromatic N) is 12. The van der Waals surface area contributed by atoms with Gasteiger partial charge in [-0.3, -0.25) is 29.4 Å². The molecule has 0 bridgehead atoms. The highest BCUT2D eigenvalue weighted by atomic mass is 31.1. The molecule has 0 aliphatic carbocycles. The van der Waals surface area contributed by atoms with Gasteiger partial charge in [0.15, 0.2) is 0 Å². The van der Waals surface area contributed by atoms with E-state index >= 15 is 0 Å². The summed E-state index contributed by atoms with van der Waals surface area (Å²) in [5.74, 6) is 0. The monoisotopic (exact) mass is 1300 g/mol. The van der Waals surface area contributed by atoms with E-state index in [4.69, 9.17) is 0 Å². The summed E-state index contributed by atoms with van der Waals surface area (Å²) in [6, 6.07) is 60.8. The first-order valence-electron chi connectivity index (χ1n) is 35.1. The zero-order chi connectivity index (χ0) is 63.4. The van der Waals surface area contributed by atoms with Crippen molar-refractivity contribution >= 4 is 55.6 Å². The Bertz CT molecular complexity index is 2600. The summed E-state index contributed by atoms with van der Waals surface area (Å²) in [4.78, 5) is 30.8. The van der Waals surface area contributed by atoms with E-state index < -0.39 is 23.8 Å². The Balaban J connectivity index is 0.940. The zero-order valence-electron chi connectivity index (χ0n) is 57.4. The average Bonchev–Trinajstić information content (AvgIpc) is 0.915. The van der Waals surface area contributed by atoms with Gasteiger partial charge < -0.3 is 29.4 Å². The van der Waals surface area contributed by atoms with Crippen molar-refractivity contribution < 1.29 is 0 Å². The van der Waals surface area contributed by atoms with Gasteiger partial charge in [0, 0.05) is 196 Å². The Hall–Kier alpha value is -3.87. The van der Waals surface area contributed by atoms with Crippen molar-refractivity contribution in [1.29, 1.82) is 0 Å². The highest BCUT2D eigenvalue weighted by Crippen LogP contribution is 2.53. The minimum Gasteiger partial charge on any atom is -0.304 e. The number of hydrogen-bond acceptors (Lipinski definition) is 12. The van der Waals surface area contributed by atoms with Crippen LogP contribution < -0.4 is 31.8 Å². The van der Waals surface area contributed by atoms with Crippen molar-refractivity contribution in [2.24, 2.45) is 5.41 Å². The van der Waals surface area contributed by atoms with Crippen LogP contribution in [0.5, 0.6) is 0 Å². The second-order valence-electron chi connectivity index (χ2n) is 29.0. The minimum atomic E-state index is -0.782. The lowest BCUT2D eigenvalue weighted by Crippen LogP contribution is -2.43.